The van der Waals surface area contributed by atoms with Crippen molar-refractivity contribution in [2.75, 3.05) is 5.75 Å². The van der Waals surface area contributed by atoms with Crippen molar-refractivity contribution >= 4 is 51.8 Å². The average Bonchev–Trinajstić information content (AvgIpc) is 2.78. The Morgan fingerprint density at radius 2 is 1.81 bits per heavy atom. The van der Waals surface area contributed by atoms with Gasteiger partial charge in [0.1, 0.15) is 5.82 Å². The first-order valence-electron chi connectivity index (χ1n) is 9.54. The molecule has 0 atom stereocenters. The maximum absolute atomic E-state index is 14.5. The van der Waals surface area contributed by atoms with Crippen LogP contribution in [0.3, 0.4) is 0 Å². The zero-order chi connectivity index (χ0) is 22.7. The number of nitrogens with zero attached hydrogens (tertiary/aromatic N) is 2. The van der Waals surface area contributed by atoms with Gasteiger partial charge in [0.2, 0.25) is 5.91 Å². The van der Waals surface area contributed by atoms with Crippen LogP contribution in [0, 0.1) is 5.82 Å². The summed E-state index contributed by atoms with van der Waals surface area (Å²) in [5, 5.41) is 4.32. The van der Waals surface area contributed by atoms with Gasteiger partial charge in [-0.3, -0.25) is 14.2 Å². The van der Waals surface area contributed by atoms with Crippen LogP contribution in [-0.4, -0.2) is 21.2 Å². The summed E-state index contributed by atoms with van der Waals surface area (Å²) in [6.45, 7) is 0.223. The molecule has 5 nitrogen and oxygen atoms in total. The van der Waals surface area contributed by atoms with Crippen molar-refractivity contribution in [1.29, 1.82) is 0 Å². The predicted molar refractivity (Wildman–Crippen MR) is 126 cm³/mol. The maximum Gasteiger partial charge on any atom is 0.266 e. The summed E-state index contributed by atoms with van der Waals surface area (Å²) in [5.74, 6) is -0.872. The van der Waals surface area contributed by atoms with Gasteiger partial charge in [0.25, 0.3) is 5.56 Å². The molecule has 0 aliphatic heterocycles. The summed E-state index contributed by atoms with van der Waals surface area (Å²) in [6.07, 6.45) is 0. The lowest BCUT2D eigenvalue weighted by molar-refractivity contribution is -0.118. The molecule has 9 heteroatoms. The van der Waals surface area contributed by atoms with Crippen molar-refractivity contribution < 1.29 is 9.18 Å². The fraction of sp³-hybridized carbons (Fsp3) is 0.0870. The van der Waals surface area contributed by atoms with Crippen LogP contribution in [0.4, 0.5) is 4.39 Å². The van der Waals surface area contributed by atoms with E-state index in [4.69, 9.17) is 23.2 Å². The number of carbonyl (C=O) groups excluding carboxylic acids is 1. The van der Waals surface area contributed by atoms with Gasteiger partial charge in [-0.05, 0) is 42.0 Å². The van der Waals surface area contributed by atoms with Crippen molar-refractivity contribution in [2.24, 2.45) is 0 Å². The van der Waals surface area contributed by atoms with Crippen molar-refractivity contribution in [1.82, 2.24) is 14.9 Å². The van der Waals surface area contributed by atoms with E-state index in [0.717, 1.165) is 17.3 Å². The standard InChI is InChI=1S/C23H16Cl2FN3O2S/c24-15-10-9-14(17(25)11-15)12-27-21(30)13-32-23-28-19-7-3-1-5-16(19)22(31)29(23)20-8-4-2-6-18(20)26/h1-11H,12-13H2,(H,27,30). The molecule has 0 spiro atoms. The number of fused-ring (bicyclic) bond motifs is 1. The van der Waals surface area contributed by atoms with E-state index < -0.39 is 11.4 Å². The molecule has 0 unspecified atom stereocenters. The third kappa shape index (κ3) is 4.80. The average molecular weight is 488 g/mol. The van der Waals surface area contributed by atoms with Crippen LogP contribution in [0.25, 0.3) is 16.6 Å². The minimum Gasteiger partial charge on any atom is -0.351 e. The Morgan fingerprint density at radius 3 is 2.59 bits per heavy atom. The molecular weight excluding hydrogens is 472 g/mol. The van der Waals surface area contributed by atoms with Crippen molar-refractivity contribution in [3.8, 4) is 5.69 Å². The summed E-state index contributed by atoms with van der Waals surface area (Å²) in [6, 6.07) is 17.8. The third-order valence-corrected chi connectivity index (χ3v) is 6.19. The van der Waals surface area contributed by atoms with E-state index in [0.29, 0.717) is 20.9 Å². The van der Waals surface area contributed by atoms with Crippen LogP contribution >= 0.6 is 35.0 Å². The minimum absolute atomic E-state index is 0.0234. The highest BCUT2D eigenvalue weighted by Crippen LogP contribution is 2.23. The first kappa shape index (κ1) is 22.3. The van der Waals surface area contributed by atoms with E-state index in [2.05, 4.69) is 10.3 Å². The topological polar surface area (TPSA) is 64.0 Å². The number of carbonyl (C=O) groups is 1. The number of hydrogen-bond donors (Lipinski definition) is 1. The highest BCUT2D eigenvalue weighted by atomic mass is 35.5. The van der Waals surface area contributed by atoms with Gasteiger partial charge in [0, 0.05) is 16.6 Å². The molecule has 1 amide bonds. The Balaban J connectivity index is 1.59. The molecule has 4 rings (SSSR count). The zero-order valence-electron chi connectivity index (χ0n) is 16.5. The Morgan fingerprint density at radius 1 is 1.06 bits per heavy atom. The molecule has 1 heterocycles. The lowest BCUT2D eigenvalue weighted by Crippen LogP contribution is -2.26. The number of benzene rings is 3. The summed E-state index contributed by atoms with van der Waals surface area (Å²) < 4.78 is 15.7. The number of halogens is 3. The van der Waals surface area contributed by atoms with Crippen LogP contribution in [0.2, 0.25) is 10.0 Å². The Kier molecular flexibility index (Phi) is 6.79. The molecule has 4 aromatic rings. The molecular formula is C23H16Cl2FN3O2S. The van der Waals surface area contributed by atoms with E-state index in [-0.39, 0.29) is 29.0 Å². The molecule has 3 aromatic carbocycles. The second-order valence-electron chi connectivity index (χ2n) is 6.80. The fourth-order valence-corrected chi connectivity index (χ4v) is 4.41. The molecule has 32 heavy (non-hydrogen) atoms. The van der Waals surface area contributed by atoms with Gasteiger partial charge in [0.15, 0.2) is 5.16 Å². The van der Waals surface area contributed by atoms with Gasteiger partial charge in [-0.15, -0.1) is 0 Å². The molecule has 1 N–H and O–H groups in total. The van der Waals surface area contributed by atoms with Crippen LogP contribution < -0.4 is 10.9 Å². The molecule has 0 saturated heterocycles. The quantitative estimate of drug-likeness (QED) is 0.298. The molecule has 0 saturated carbocycles. The first-order valence-corrected chi connectivity index (χ1v) is 11.3. The first-order chi connectivity index (χ1) is 15.4. The number of nitrogens with one attached hydrogen (secondary N) is 1. The second-order valence-corrected chi connectivity index (χ2v) is 8.59. The minimum atomic E-state index is -0.560. The molecule has 0 bridgehead atoms. The van der Waals surface area contributed by atoms with Crippen LogP contribution in [0.15, 0.2) is 76.7 Å². The normalized spacial score (nSPS) is 11.0. The van der Waals surface area contributed by atoms with Gasteiger partial charge in [-0.25, -0.2) is 9.37 Å². The zero-order valence-corrected chi connectivity index (χ0v) is 18.8. The number of aromatic nitrogens is 2. The van der Waals surface area contributed by atoms with Gasteiger partial charge in [0.05, 0.1) is 22.3 Å². The highest BCUT2D eigenvalue weighted by Gasteiger charge is 2.17. The number of para-hydroxylation sites is 2. The molecule has 1 aromatic heterocycles. The van der Waals surface area contributed by atoms with Gasteiger partial charge < -0.3 is 5.32 Å². The maximum atomic E-state index is 14.5. The monoisotopic (exact) mass is 487 g/mol. The Bertz CT molecular complexity index is 1380. The predicted octanol–water partition coefficient (Wildman–Crippen LogP) is 5.24. The molecule has 0 fully saturated rings. The summed E-state index contributed by atoms with van der Waals surface area (Å²) in [4.78, 5) is 30.1. The van der Waals surface area contributed by atoms with Crippen molar-refractivity contribution in [3.05, 3.63) is 98.5 Å². The lowest BCUT2D eigenvalue weighted by atomic mass is 10.2. The van der Waals surface area contributed by atoms with E-state index >= 15 is 0 Å². The van der Waals surface area contributed by atoms with Gasteiger partial charge in [-0.2, -0.15) is 0 Å². The van der Waals surface area contributed by atoms with Crippen molar-refractivity contribution in [2.45, 2.75) is 11.7 Å². The highest BCUT2D eigenvalue weighted by molar-refractivity contribution is 7.99. The molecule has 0 radical (unpaired) electrons. The number of hydrogen-bond acceptors (Lipinski definition) is 4. The second kappa shape index (κ2) is 9.73. The number of amides is 1. The summed E-state index contributed by atoms with van der Waals surface area (Å²) in [7, 11) is 0. The summed E-state index contributed by atoms with van der Waals surface area (Å²) in [5.41, 5.74) is 0.866. The largest absolute Gasteiger partial charge is 0.351 e. The molecule has 0 aliphatic carbocycles. The SMILES string of the molecule is O=C(CSc1nc2ccccc2c(=O)n1-c1ccccc1F)NCc1ccc(Cl)cc1Cl. The summed E-state index contributed by atoms with van der Waals surface area (Å²) >= 11 is 13.1. The third-order valence-electron chi connectivity index (χ3n) is 4.66. The van der Waals surface area contributed by atoms with E-state index in [9.17, 15) is 14.0 Å². The van der Waals surface area contributed by atoms with Gasteiger partial charge in [-0.1, -0.05) is 65.3 Å². The molecule has 0 aliphatic rings. The smallest absolute Gasteiger partial charge is 0.266 e. The Labute approximate surface area is 197 Å². The fourth-order valence-electron chi connectivity index (χ4n) is 3.09. The Hall–Kier alpha value is -2.87. The van der Waals surface area contributed by atoms with Crippen LogP contribution in [-0.2, 0) is 11.3 Å². The van der Waals surface area contributed by atoms with E-state index in [1.165, 1.54) is 16.7 Å². The number of thioether (sulfide) groups is 1. The van der Waals surface area contributed by atoms with Crippen LogP contribution in [0.1, 0.15) is 5.56 Å². The molecule has 162 valence electrons. The lowest BCUT2D eigenvalue weighted by Gasteiger charge is -2.14. The van der Waals surface area contributed by atoms with E-state index in [1.807, 2.05) is 0 Å². The van der Waals surface area contributed by atoms with Crippen molar-refractivity contribution in [3.63, 3.8) is 0 Å². The van der Waals surface area contributed by atoms with E-state index in [1.54, 1.807) is 54.6 Å². The van der Waals surface area contributed by atoms with Gasteiger partial charge >= 0.3 is 0 Å². The number of rotatable bonds is 6. The van der Waals surface area contributed by atoms with Crippen LogP contribution in [0.5, 0.6) is 0 Å².